The van der Waals surface area contributed by atoms with E-state index in [1.165, 1.54) is 20.2 Å². The smallest absolute Gasteiger partial charge is 0.173 e. The van der Waals surface area contributed by atoms with Crippen molar-refractivity contribution in [2.24, 2.45) is 0 Å². The molecule has 4 heteroatoms. The summed E-state index contributed by atoms with van der Waals surface area (Å²) in [5.41, 5.74) is 2.07. The molecule has 3 heterocycles. The van der Waals surface area contributed by atoms with Crippen molar-refractivity contribution >= 4 is 65.9 Å². The predicted octanol–water partition coefficient (Wildman–Crippen LogP) is 7.13. The van der Waals surface area contributed by atoms with E-state index >= 15 is 4.57 Å². The number of hydrogen-bond donors (Lipinski definition) is 0. The molecule has 0 N–H and O–H groups in total. The summed E-state index contributed by atoms with van der Waals surface area (Å²) in [4.78, 5) is 0. The summed E-state index contributed by atoms with van der Waals surface area (Å²) in [6, 6.07) is 35.2. The molecule has 7 rings (SSSR count). The van der Waals surface area contributed by atoms with Gasteiger partial charge in [-0.2, -0.15) is 0 Å². The van der Waals surface area contributed by atoms with Crippen LogP contribution in [0.5, 0.6) is 0 Å². The van der Waals surface area contributed by atoms with Crippen LogP contribution in [0.3, 0.4) is 0 Å². The van der Waals surface area contributed by atoms with E-state index in [-0.39, 0.29) is 0 Å². The van der Waals surface area contributed by atoms with Crippen molar-refractivity contribution in [1.29, 1.82) is 0 Å². The van der Waals surface area contributed by atoms with Gasteiger partial charge in [0.25, 0.3) is 0 Å². The molecule has 34 heavy (non-hydrogen) atoms. The van der Waals surface area contributed by atoms with E-state index in [9.17, 15) is 0 Å². The number of thiophene rings is 2. The zero-order chi connectivity index (χ0) is 22.7. The predicted molar refractivity (Wildman–Crippen MR) is 148 cm³/mol. The van der Waals surface area contributed by atoms with Gasteiger partial charge < -0.3 is 4.57 Å². The summed E-state index contributed by atoms with van der Waals surface area (Å²) in [7, 11) is -3.18. The highest BCUT2D eigenvalue weighted by atomic mass is 32.1. The Morgan fingerprint density at radius 1 is 0.500 bits per heavy atom. The van der Waals surface area contributed by atoms with Gasteiger partial charge in [-0.25, -0.2) is 0 Å². The first-order valence-corrected chi connectivity index (χ1v) is 14.7. The summed E-state index contributed by atoms with van der Waals surface area (Å²) in [6.07, 6.45) is 0. The monoisotopic (exact) mass is 490 g/mol. The molecular weight excluding hydrogens is 471 g/mol. The molecule has 1 aliphatic rings. The fourth-order valence-corrected chi connectivity index (χ4v) is 10.8. The van der Waals surface area contributed by atoms with Crippen LogP contribution in [-0.2, 0) is 4.57 Å². The van der Waals surface area contributed by atoms with Crippen LogP contribution in [0.2, 0.25) is 0 Å². The van der Waals surface area contributed by atoms with Crippen LogP contribution >= 0.6 is 29.8 Å². The van der Waals surface area contributed by atoms with Gasteiger partial charge >= 0.3 is 0 Å². The van der Waals surface area contributed by atoms with Gasteiger partial charge in [-0.15, -0.1) is 22.7 Å². The Kier molecular flexibility index (Phi) is 4.54. The molecule has 0 amide bonds. The molecule has 0 radical (unpaired) electrons. The summed E-state index contributed by atoms with van der Waals surface area (Å²) < 4.78 is 18.2. The lowest BCUT2D eigenvalue weighted by molar-refractivity contribution is 0.593. The van der Waals surface area contributed by atoms with Gasteiger partial charge in [0.2, 0.25) is 0 Å². The van der Waals surface area contributed by atoms with E-state index in [2.05, 4.69) is 47.2 Å². The van der Waals surface area contributed by atoms with Gasteiger partial charge in [-0.1, -0.05) is 91.0 Å². The molecule has 0 fully saturated rings. The summed E-state index contributed by atoms with van der Waals surface area (Å²) >= 11 is 3.50. The minimum atomic E-state index is -3.18. The Morgan fingerprint density at radius 2 is 0.912 bits per heavy atom. The topological polar surface area (TPSA) is 17.1 Å². The first-order valence-electron chi connectivity index (χ1n) is 11.2. The van der Waals surface area contributed by atoms with Crippen LogP contribution in [0.1, 0.15) is 11.1 Å². The van der Waals surface area contributed by atoms with Crippen LogP contribution in [0.15, 0.2) is 114 Å². The first kappa shape index (κ1) is 20.2. The van der Waals surface area contributed by atoms with Crippen molar-refractivity contribution in [3.8, 4) is 0 Å². The van der Waals surface area contributed by atoms with Gasteiger partial charge in [0.1, 0.15) is 0 Å². The van der Waals surface area contributed by atoms with Crippen molar-refractivity contribution in [2.75, 3.05) is 0 Å². The van der Waals surface area contributed by atoms with E-state index in [0.717, 1.165) is 37.5 Å². The third-order valence-corrected chi connectivity index (χ3v) is 11.8. The van der Waals surface area contributed by atoms with Crippen molar-refractivity contribution in [3.05, 3.63) is 135 Å². The Balaban J connectivity index is 1.84. The van der Waals surface area contributed by atoms with E-state index < -0.39 is 7.14 Å². The molecule has 0 unspecified atom stereocenters. The summed E-state index contributed by atoms with van der Waals surface area (Å²) in [6.45, 7) is 0. The first-order chi connectivity index (χ1) is 16.8. The maximum Gasteiger partial charge on any atom is 0.173 e. The molecule has 1 nitrogen and oxygen atoms in total. The second kappa shape index (κ2) is 7.65. The molecule has 0 atom stereocenters. The van der Waals surface area contributed by atoms with Crippen LogP contribution in [0, 0.1) is 0 Å². The van der Waals surface area contributed by atoms with Crippen LogP contribution in [0.25, 0.3) is 30.8 Å². The van der Waals surface area contributed by atoms with Crippen LogP contribution in [-0.4, -0.2) is 0 Å². The zero-order valence-electron chi connectivity index (χ0n) is 18.1. The normalized spacial score (nSPS) is 14.7. The molecule has 6 aromatic rings. The molecule has 0 spiro atoms. The van der Waals surface area contributed by atoms with Crippen molar-refractivity contribution in [1.82, 2.24) is 0 Å². The highest BCUT2D eigenvalue weighted by Crippen LogP contribution is 2.66. The highest BCUT2D eigenvalue weighted by Gasteiger charge is 2.42. The second-order valence-corrected chi connectivity index (χ2v) is 12.9. The molecule has 0 saturated heterocycles. The summed E-state index contributed by atoms with van der Waals surface area (Å²) in [5, 5.41) is 12.0. The van der Waals surface area contributed by atoms with Crippen LogP contribution in [0.4, 0.5) is 0 Å². The Morgan fingerprint density at radius 3 is 1.35 bits per heavy atom. The maximum absolute atomic E-state index is 15.8. The fraction of sp³-hybridized carbons (Fsp3) is 0. The van der Waals surface area contributed by atoms with Gasteiger partial charge in [0.15, 0.2) is 7.14 Å². The molecule has 0 saturated carbocycles. The number of rotatable bonds is 3. The molecule has 162 valence electrons. The average molecular weight is 491 g/mol. The summed E-state index contributed by atoms with van der Waals surface area (Å²) in [5.74, 6) is 0. The van der Waals surface area contributed by atoms with E-state index in [1.54, 1.807) is 22.7 Å². The van der Waals surface area contributed by atoms with Crippen molar-refractivity contribution in [2.45, 2.75) is 0 Å². The minimum Gasteiger partial charge on any atom is -0.309 e. The van der Waals surface area contributed by atoms with E-state index in [4.69, 9.17) is 0 Å². The minimum absolute atomic E-state index is 0.887. The Hall–Kier alpha value is -3.23. The highest BCUT2D eigenvalue weighted by molar-refractivity contribution is 7.90. The molecule has 1 aliphatic heterocycles. The van der Waals surface area contributed by atoms with Crippen molar-refractivity contribution < 1.29 is 4.57 Å². The van der Waals surface area contributed by atoms with Gasteiger partial charge in [-0.3, -0.25) is 0 Å². The van der Waals surface area contributed by atoms with Crippen molar-refractivity contribution in [3.63, 3.8) is 0 Å². The number of hydrogen-bond acceptors (Lipinski definition) is 3. The number of benzene rings is 4. The third kappa shape index (κ3) is 2.69. The van der Waals surface area contributed by atoms with Gasteiger partial charge in [0, 0.05) is 46.5 Å². The van der Waals surface area contributed by atoms with E-state index in [1.807, 2.05) is 66.7 Å². The Labute approximate surface area is 205 Å². The molecule has 0 aliphatic carbocycles. The zero-order valence-corrected chi connectivity index (χ0v) is 20.7. The number of fused-ring (bicyclic) bond motifs is 6. The SMILES string of the molecule is O=P1(c2ccccc2)C(c2ccccc2)=c2c(c3sccc3c3ccsc23)=C1c1ccccc1. The average Bonchev–Trinajstić information content (AvgIpc) is 3.62. The molecule has 4 aromatic carbocycles. The second-order valence-electron chi connectivity index (χ2n) is 8.45. The van der Waals surface area contributed by atoms with Gasteiger partial charge in [-0.05, 0) is 34.0 Å². The van der Waals surface area contributed by atoms with E-state index in [0.29, 0.717) is 0 Å². The lowest BCUT2D eigenvalue weighted by Crippen LogP contribution is -2.25. The lowest BCUT2D eigenvalue weighted by atomic mass is 10.1. The quantitative estimate of drug-likeness (QED) is 0.241. The van der Waals surface area contributed by atoms with Crippen LogP contribution < -0.4 is 15.7 Å². The molecule has 0 bridgehead atoms. The Bertz CT molecular complexity index is 1750. The fourth-order valence-electron chi connectivity index (χ4n) is 5.28. The van der Waals surface area contributed by atoms with Gasteiger partial charge in [0.05, 0.1) is 0 Å². The molecular formula is C30H19OPS2. The standard InChI is InChI=1S/C30H19OPS2/c31-32(22-14-8-3-9-15-22)27(20-10-4-1-5-11-20)25-26(28(32)21-12-6-2-7-13-21)30-24(17-19-34-30)23-16-18-33-29(23)25/h1-19H. The largest absolute Gasteiger partial charge is 0.309 e. The third-order valence-electron chi connectivity index (χ3n) is 6.64. The maximum atomic E-state index is 15.8. The molecule has 2 aromatic heterocycles. The lowest BCUT2D eigenvalue weighted by Gasteiger charge is -2.22.